The van der Waals surface area contributed by atoms with E-state index in [4.69, 9.17) is 0 Å². The summed E-state index contributed by atoms with van der Waals surface area (Å²) >= 11 is 4.01. The van der Waals surface area contributed by atoms with Gasteiger partial charge in [0.25, 0.3) is 5.91 Å². The van der Waals surface area contributed by atoms with E-state index in [0.717, 1.165) is 11.1 Å². The number of rotatable bonds is 10. The zero-order valence-corrected chi connectivity index (χ0v) is 26.9. The highest BCUT2D eigenvalue weighted by Crippen LogP contribution is 2.29. The average Bonchev–Trinajstić information content (AvgIpc) is 3.61. The van der Waals surface area contributed by atoms with Crippen molar-refractivity contribution in [3.05, 3.63) is 95.3 Å². The van der Waals surface area contributed by atoms with Crippen LogP contribution in [-0.2, 0) is 23.0 Å². The molecule has 0 radical (unpaired) electrons. The Kier molecular flexibility index (Phi) is 9.77. The SMILES string of the molecule is Cn1c(SCC(=O)Nc2nnc(SCc3ccc(F)cc3)s2)nnc1-c1ccc(NC(=O)c2ccc(C(C)(C)C)cc2)cc1. The lowest BCUT2D eigenvalue weighted by molar-refractivity contribution is -0.113. The summed E-state index contributed by atoms with van der Waals surface area (Å²) < 4.78 is 15.6. The standard InChI is InChI=1S/C31H30FN7O2S3/c1-31(2,3)22-11-7-21(8-12-22)27(41)33-24-15-9-20(10-16-24)26-35-37-29(39(26)4)42-18-25(40)34-28-36-38-30(44-28)43-17-19-5-13-23(32)14-6-19/h5-16H,17-18H2,1-4H3,(H,33,41)(H,34,36,40). The van der Waals surface area contributed by atoms with Gasteiger partial charge in [-0.15, -0.1) is 20.4 Å². The largest absolute Gasteiger partial charge is 0.322 e. The molecule has 44 heavy (non-hydrogen) atoms. The molecule has 0 aliphatic rings. The van der Waals surface area contributed by atoms with Crippen molar-refractivity contribution in [1.29, 1.82) is 0 Å². The molecule has 5 aromatic rings. The number of halogens is 1. The fourth-order valence-corrected chi connectivity index (χ4v) is 6.48. The predicted molar refractivity (Wildman–Crippen MR) is 175 cm³/mol. The zero-order chi connectivity index (χ0) is 31.3. The third kappa shape index (κ3) is 8.10. The molecule has 2 aromatic heterocycles. The van der Waals surface area contributed by atoms with Crippen LogP contribution in [0.1, 0.15) is 42.3 Å². The van der Waals surface area contributed by atoms with Gasteiger partial charge in [-0.3, -0.25) is 14.9 Å². The predicted octanol–water partition coefficient (Wildman–Crippen LogP) is 7.05. The summed E-state index contributed by atoms with van der Waals surface area (Å²) in [6.45, 7) is 6.41. The number of carbonyl (C=O) groups excluding carboxylic acids is 2. The van der Waals surface area contributed by atoms with Crippen LogP contribution in [0.3, 0.4) is 0 Å². The van der Waals surface area contributed by atoms with Crippen LogP contribution in [0.15, 0.2) is 82.3 Å². The van der Waals surface area contributed by atoms with Crippen molar-refractivity contribution >= 4 is 57.5 Å². The minimum Gasteiger partial charge on any atom is -0.322 e. The normalized spacial score (nSPS) is 11.4. The van der Waals surface area contributed by atoms with Crippen LogP contribution >= 0.6 is 34.9 Å². The molecule has 0 unspecified atom stereocenters. The number of amides is 2. The highest BCUT2D eigenvalue weighted by molar-refractivity contribution is 8.00. The third-order valence-electron chi connectivity index (χ3n) is 6.51. The molecule has 0 aliphatic heterocycles. The number of aromatic nitrogens is 5. The first-order valence-electron chi connectivity index (χ1n) is 13.6. The van der Waals surface area contributed by atoms with E-state index >= 15 is 0 Å². The fourth-order valence-electron chi connectivity index (χ4n) is 4.05. The Morgan fingerprint density at radius 2 is 1.57 bits per heavy atom. The summed E-state index contributed by atoms with van der Waals surface area (Å²) in [6, 6.07) is 21.3. The first-order valence-corrected chi connectivity index (χ1v) is 16.4. The number of anilines is 2. The molecule has 9 nitrogen and oxygen atoms in total. The number of benzene rings is 3. The first-order chi connectivity index (χ1) is 21.0. The second-order valence-electron chi connectivity index (χ2n) is 10.8. The molecule has 0 fully saturated rings. The van der Waals surface area contributed by atoms with Crippen molar-refractivity contribution in [2.24, 2.45) is 7.05 Å². The summed E-state index contributed by atoms with van der Waals surface area (Å²) in [4.78, 5) is 25.3. The van der Waals surface area contributed by atoms with E-state index in [1.165, 1.54) is 52.6 Å². The molecule has 226 valence electrons. The van der Waals surface area contributed by atoms with Gasteiger partial charge in [0.15, 0.2) is 15.3 Å². The van der Waals surface area contributed by atoms with Crippen molar-refractivity contribution in [3.8, 4) is 11.4 Å². The zero-order valence-electron chi connectivity index (χ0n) is 24.5. The maximum absolute atomic E-state index is 13.1. The second kappa shape index (κ2) is 13.7. The maximum Gasteiger partial charge on any atom is 0.255 e. The molecule has 0 saturated carbocycles. The van der Waals surface area contributed by atoms with Gasteiger partial charge in [-0.25, -0.2) is 4.39 Å². The molecule has 2 N–H and O–H groups in total. The molecule has 0 aliphatic carbocycles. The van der Waals surface area contributed by atoms with Gasteiger partial charge < -0.3 is 9.88 Å². The van der Waals surface area contributed by atoms with E-state index < -0.39 is 0 Å². The lowest BCUT2D eigenvalue weighted by Crippen LogP contribution is -2.14. The summed E-state index contributed by atoms with van der Waals surface area (Å²) in [7, 11) is 1.84. The van der Waals surface area contributed by atoms with E-state index in [9.17, 15) is 14.0 Å². The molecule has 2 amide bonds. The lowest BCUT2D eigenvalue weighted by Gasteiger charge is -2.19. The number of hydrogen-bond acceptors (Lipinski definition) is 9. The van der Waals surface area contributed by atoms with Crippen LogP contribution < -0.4 is 10.6 Å². The van der Waals surface area contributed by atoms with E-state index in [2.05, 4.69) is 51.8 Å². The van der Waals surface area contributed by atoms with Crippen LogP contribution in [0.25, 0.3) is 11.4 Å². The molecule has 3 aromatic carbocycles. The first kappa shape index (κ1) is 31.4. The van der Waals surface area contributed by atoms with Crippen LogP contribution in [-0.4, -0.2) is 42.5 Å². The molecule has 0 saturated heterocycles. The number of hydrogen-bond donors (Lipinski definition) is 2. The van der Waals surface area contributed by atoms with Crippen LogP contribution in [0, 0.1) is 5.82 Å². The van der Waals surface area contributed by atoms with Crippen LogP contribution in [0.4, 0.5) is 15.2 Å². The van der Waals surface area contributed by atoms with Crippen LogP contribution in [0.2, 0.25) is 0 Å². The minimum absolute atomic E-state index is 0.0211. The molecule has 0 atom stereocenters. The summed E-state index contributed by atoms with van der Waals surface area (Å²) in [5, 5.41) is 23.4. The number of carbonyl (C=O) groups is 2. The number of thioether (sulfide) groups is 2. The van der Waals surface area contributed by atoms with Crippen LogP contribution in [0.5, 0.6) is 0 Å². The highest BCUT2D eigenvalue weighted by Gasteiger charge is 2.16. The molecule has 2 heterocycles. The Morgan fingerprint density at radius 1 is 0.864 bits per heavy atom. The summed E-state index contributed by atoms with van der Waals surface area (Å²) in [5.74, 6) is 0.684. The monoisotopic (exact) mass is 647 g/mol. The van der Waals surface area contributed by atoms with E-state index in [1.807, 2.05) is 60.1 Å². The minimum atomic E-state index is -0.273. The maximum atomic E-state index is 13.1. The summed E-state index contributed by atoms with van der Waals surface area (Å²) in [5.41, 5.74) is 4.24. The van der Waals surface area contributed by atoms with Gasteiger partial charge in [0.05, 0.1) is 5.75 Å². The van der Waals surface area contributed by atoms with Gasteiger partial charge in [0.2, 0.25) is 11.0 Å². The topological polar surface area (TPSA) is 115 Å². The van der Waals surface area contributed by atoms with Gasteiger partial charge in [0.1, 0.15) is 5.82 Å². The molecule has 0 bridgehead atoms. The van der Waals surface area contributed by atoms with Crippen molar-refractivity contribution in [2.45, 2.75) is 41.4 Å². The van der Waals surface area contributed by atoms with Gasteiger partial charge in [-0.05, 0) is 65.1 Å². The van der Waals surface area contributed by atoms with Gasteiger partial charge >= 0.3 is 0 Å². The Balaban J connectivity index is 1.11. The van der Waals surface area contributed by atoms with Crippen molar-refractivity contribution in [3.63, 3.8) is 0 Å². The Morgan fingerprint density at radius 3 is 2.25 bits per heavy atom. The second-order valence-corrected chi connectivity index (χ2v) is 14.0. The Bertz CT molecular complexity index is 1750. The van der Waals surface area contributed by atoms with E-state index in [0.29, 0.717) is 37.5 Å². The van der Waals surface area contributed by atoms with Crippen molar-refractivity contribution in [1.82, 2.24) is 25.0 Å². The van der Waals surface area contributed by atoms with E-state index in [1.54, 1.807) is 12.1 Å². The van der Waals surface area contributed by atoms with Gasteiger partial charge in [0, 0.05) is 29.6 Å². The number of nitrogens with zero attached hydrogens (tertiary/aromatic N) is 5. The van der Waals surface area contributed by atoms with Gasteiger partial charge in [-0.1, -0.05) is 79.9 Å². The third-order valence-corrected chi connectivity index (χ3v) is 9.57. The Labute approximate surface area is 267 Å². The Hall–Kier alpha value is -4.07. The smallest absolute Gasteiger partial charge is 0.255 e. The molecular weight excluding hydrogens is 618 g/mol. The highest BCUT2D eigenvalue weighted by atomic mass is 32.2. The van der Waals surface area contributed by atoms with E-state index in [-0.39, 0.29) is 28.8 Å². The van der Waals surface area contributed by atoms with Crippen molar-refractivity contribution < 1.29 is 14.0 Å². The summed E-state index contributed by atoms with van der Waals surface area (Å²) in [6.07, 6.45) is 0. The molecular formula is C31H30FN7O2S3. The quantitative estimate of drug-likeness (QED) is 0.123. The number of nitrogens with one attached hydrogen (secondary N) is 2. The lowest BCUT2D eigenvalue weighted by atomic mass is 9.87. The molecule has 0 spiro atoms. The molecule has 5 rings (SSSR count). The fraction of sp³-hybridized carbons (Fsp3) is 0.226. The molecule has 13 heteroatoms. The average molecular weight is 648 g/mol. The van der Waals surface area contributed by atoms with Gasteiger partial charge in [-0.2, -0.15) is 0 Å². The van der Waals surface area contributed by atoms with Crippen molar-refractivity contribution in [2.75, 3.05) is 16.4 Å².